The zero-order chi connectivity index (χ0) is 18.9. The highest BCUT2D eigenvalue weighted by molar-refractivity contribution is 5.20. The lowest BCUT2D eigenvalue weighted by atomic mass is 9.96. The second-order valence-electron chi connectivity index (χ2n) is 8.86. The molecule has 2 aliphatic heterocycles. The molecule has 2 aromatic heterocycles. The number of imidazole rings is 1. The van der Waals surface area contributed by atoms with E-state index in [9.17, 15) is 4.79 Å². The van der Waals surface area contributed by atoms with Crippen LogP contribution < -0.4 is 5.56 Å². The molecule has 0 radical (unpaired) electrons. The molecule has 5 rings (SSSR count). The summed E-state index contributed by atoms with van der Waals surface area (Å²) in [7, 11) is 0. The Hall–Kier alpha value is -1.95. The molecule has 1 fully saturated rings. The summed E-state index contributed by atoms with van der Waals surface area (Å²) >= 11 is 0. The molecule has 0 amide bonds. The SMILES string of the molecule is O=c1cc2c(nn1CC1CCN(Cc3cn4c(n3)CCCC4)CC1)CCCC2. The van der Waals surface area contributed by atoms with Gasteiger partial charge in [0.15, 0.2) is 0 Å². The predicted molar refractivity (Wildman–Crippen MR) is 108 cm³/mol. The molecule has 6 nitrogen and oxygen atoms in total. The number of fused-ring (bicyclic) bond motifs is 2. The Balaban J connectivity index is 1.17. The molecule has 0 atom stereocenters. The molecule has 0 unspecified atom stereocenters. The minimum Gasteiger partial charge on any atom is -0.335 e. The summed E-state index contributed by atoms with van der Waals surface area (Å²) in [4.78, 5) is 19.8. The van der Waals surface area contributed by atoms with Crippen LogP contribution in [0, 0.1) is 5.92 Å². The van der Waals surface area contributed by atoms with Gasteiger partial charge in [-0.05, 0) is 75.9 Å². The number of aryl methyl sites for hydroxylation is 4. The Labute approximate surface area is 166 Å². The van der Waals surface area contributed by atoms with Gasteiger partial charge in [-0.1, -0.05) is 0 Å². The van der Waals surface area contributed by atoms with Gasteiger partial charge in [-0.2, -0.15) is 5.10 Å². The van der Waals surface area contributed by atoms with Gasteiger partial charge in [-0.15, -0.1) is 0 Å². The molecule has 0 aromatic carbocycles. The third kappa shape index (κ3) is 3.79. The van der Waals surface area contributed by atoms with Crippen molar-refractivity contribution in [3.05, 3.63) is 45.4 Å². The molecule has 4 heterocycles. The van der Waals surface area contributed by atoms with Gasteiger partial charge >= 0.3 is 0 Å². The molecular weight excluding hydrogens is 350 g/mol. The van der Waals surface area contributed by atoms with Crippen molar-refractivity contribution >= 4 is 0 Å². The van der Waals surface area contributed by atoms with Crippen LogP contribution in [0.2, 0.25) is 0 Å². The fourth-order valence-electron chi connectivity index (χ4n) is 5.08. The van der Waals surface area contributed by atoms with E-state index >= 15 is 0 Å². The smallest absolute Gasteiger partial charge is 0.267 e. The van der Waals surface area contributed by atoms with Crippen LogP contribution in [0.15, 0.2) is 17.1 Å². The van der Waals surface area contributed by atoms with Crippen molar-refractivity contribution in [3.8, 4) is 0 Å². The zero-order valence-electron chi connectivity index (χ0n) is 16.8. The molecule has 28 heavy (non-hydrogen) atoms. The number of aromatic nitrogens is 4. The first-order valence-electron chi connectivity index (χ1n) is 11.1. The summed E-state index contributed by atoms with van der Waals surface area (Å²) in [6.45, 7) is 5.05. The van der Waals surface area contributed by atoms with E-state index in [-0.39, 0.29) is 5.56 Å². The second-order valence-corrected chi connectivity index (χ2v) is 8.86. The molecule has 0 saturated carbocycles. The minimum absolute atomic E-state index is 0.0895. The van der Waals surface area contributed by atoms with Crippen LogP contribution in [0.3, 0.4) is 0 Å². The summed E-state index contributed by atoms with van der Waals surface area (Å²) in [6.07, 6.45) is 12.7. The lowest BCUT2D eigenvalue weighted by Crippen LogP contribution is -2.37. The van der Waals surface area contributed by atoms with Crippen molar-refractivity contribution < 1.29 is 0 Å². The quantitative estimate of drug-likeness (QED) is 0.817. The molecule has 0 spiro atoms. The van der Waals surface area contributed by atoms with Crippen LogP contribution in [0.25, 0.3) is 0 Å². The number of rotatable bonds is 4. The number of hydrogen-bond acceptors (Lipinski definition) is 4. The average Bonchev–Trinajstić information content (AvgIpc) is 3.12. The van der Waals surface area contributed by atoms with Crippen LogP contribution in [0.4, 0.5) is 0 Å². The number of piperidine rings is 1. The molecule has 3 aliphatic rings. The van der Waals surface area contributed by atoms with Gasteiger partial charge in [0.2, 0.25) is 0 Å². The van der Waals surface area contributed by atoms with Crippen LogP contribution in [-0.2, 0) is 38.9 Å². The molecule has 1 saturated heterocycles. The fourth-order valence-corrected chi connectivity index (χ4v) is 5.08. The first-order chi connectivity index (χ1) is 13.7. The normalized spacial score (nSPS) is 20.7. The third-order valence-electron chi connectivity index (χ3n) is 6.76. The molecule has 2 aromatic rings. The molecule has 150 valence electrons. The van der Waals surface area contributed by atoms with Crippen molar-refractivity contribution in [2.75, 3.05) is 13.1 Å². The molecule has 0 bridgehead atoms. The maximum Gasteiger partial charge on any atom is 0.267 e. The number of nitrogens with zero attached hydrogens (tertiary/aromatic N) is 5. The van der Waals surface area contributed by atoms with Crippen molar-refractivity contribution in [3.63, 3.8) is 0 Å². The Kier molecular flexibility index (Phi) is 5.05. The predicted octanol–water partition coefficient (Wildman–Crippen LogP) is 2.57. The van der Waals surface area contributed by atoms with Gasteiger partial charge in [-0.25, -0.2) is 9.67 Å². The van der Waals surface area contributed by atoms with Gasteiger partial charge in [0, 0.05) is 38.3 Å². The van der Waals surface area contributed by atoms with E-state index in [2.05, 4.69) is 15.7 Å². The van der Waals surface area contributed by atoms with Crippen LogP contribution in [0.1, 0.15) is 61.3 Å². The first-order valence-corrected chi connectivity index (χ1v) is 11.1. The van der Waals surface area contributed by atoms with E-state index in [4.69, 9.17) is 10.1 Å². The highest BCUT2D eigenvalue weighted by Gasteiger charge is 2.22. The average molecular weight is 382 g/mol. The van der Waals surface area contributed by atoms with E-state index in [1.807, 2.05) is 6.07 Å². The Morgan fingerprint density at radius 2 is 1.82 bits per heavy atom. The Bertz CT molecular complexity index is 867. The van der Waals surface area contributed by atoms with Gasteiger partial charge in [0.05, 0.1) is 11.4 Å². The summed E-state index contributed by atoms with van der Waals surface area (Å²) in [5.74, 6) is 1.83. The first kappa shape index (κ1) is 18.1. The summed E-state index contributed by atoms with van der Waals surface area (Å²) < 4.78 is 4.09. The van der Waals surface area contributed by atoms with Gasteiger partial charge in [0.25, 0.3) is 5.56 Å². The lowest BCUT2D eigenvalue weighted by molar-refractivity contribution is 0.162. The lowest BCUT2D eigenvalue weighted by Gasteiger charge is -2.31. The Morgan fingerprint density at radius 1 is 1.00 bits per heavy atom. The standard InChI is InChI=1S/C22H31N5O/c28-22-13-18-5-1-2-6-20(18)24-27(22)14-17-8-11-25(12-9-17)15-19-16-26-10-4-3-7-21(26)23-19/h13,16-17H,1-12,14-15H2. The van der Waals surface area contributed by atoms with E-state index in [1.54, 1.807) is 4.68 Å². The number of hydrogen-bond donors (Lipinski definition) is 0. The molecule has 1 aliphatic carbocycles. The maximum absolute atomic E-state index is 12.4. The number of likely N-dealkylation sites (tertiary alicyclic amines) is 1. The highest BCUT2D eigenvalue weighted by atomic mass is 16.1. The summed E-state index contributed by atoms with van der Waals surface area (Å²) in [5.41, 5.74) is 3.66. The Morgan fingerprint density at radius 3 is 2.68 bits per heavy atom. The molecule has 6 heteroatoms. The summed E-state index contributed by atoms with van der Waals surface area (Å²) in [6, 6.07) is 1.84. The van der Waals surface area contributed by atoms with Gasteiger partial charge in [0.1, 0.15) is 5.82 Å². The summed E-state index contributed by atoms with van der Waals surface area (Å²) in [5, 5.41) is 4.71. The minimum atomic E-state index is 0.0895. The van der Waals surface area contributed by atoms with Gasteiger partial charge in [-0.3, -0.25) is 9.69 Å². The van der Waals surface area contributed by atoms with Crippen LogP contribution in [-0.4, -0.2) is 37.3 Å². The van der Waals surface area contributed by atoms with Crippen LogP contribution in [0.5, 0.6) is 0 Å². The fraction of sp³-hybridized carbons (Fsp3) is 0.682. The van der Waals surface area contributed by atoms with Crippen molar-refractivity contribution in [2.45, 2.75) is 77.4 Å². The highest BCUT2D eigenvalue weighted by Crippen LogP contribution is 2.22. The maximum atomic E-state index is 12.4. The van der Waals surface area contributed by atoms with E-state index < -0.39 is 0 Å². The monoisotopic (exact) mass is 381 g/mol. The van der Waals surface area contributed by atoms with Crippen molar-refractivity contribution in [1.29, 1.82) is 0 Å². The second kappa shape index (κ2) is 7.82. The van der Waals surface area contributed by atoms with Crippen molar-refractivity contribution in [1.82, 2.24) is 24.2 Å². The van der Waals surface area contributed by atoms with E-state index in [0.29, 0.717) is 5.92 Å². The van der Waals surface area contributed by atoms with Gasteiger partial charge < -0.3 is 4.57 Å². The molecular formula is C22H31N5O. The molecule has 0 N–H and O–H groups in total. The third-order valence-corrected chi connectivity index (χ3v) is 6.76. The van der Waals surface area contributed by atoms with Crippen molar-refractivity contribution in [2.24, 2.45) is 5.92 Å². The van der Waals surface area contributed by atoms with E-state index in [0.717, 1.165) is 70.5 Å². The topological polar surface area (TPSA) is 56.0 Å². The van der Waals surface area contributed by atoms with E-state index in [1.165, 1.54) is 42.8 Å². The zero-order valence-corrected chi connectivity index (χ0v) is 16.8. The largest absolute Gasteiger partial charge is 0.335 e. The van der Waals surface area contributed by atoms with Crippen LogP contribution >= 0.6 is 0 Å².